The van der Waals surface area contributed by atoms with Gasteiger partial charge in [-0.3, -0.25) is 0 Å². The molecule has 0 aliphatic rings. The zero-order valence-corrected chi connectivity index (χ0v) is 10.9. The van der Waals surface area contributed by atoms with E-state index in [9.17, 15) is 4.79 Å². The van der Waals surface area contributed by atoms with Crippen LogP contribution in [0.4, 0.5) is 0 Å². The zero-order valence-electron chi connectivity index (χ0n) is 8.43. The third-order valence-electron chi connectivity index (χ3n) is 2.03. The lowest BCUT2D eigenvalue weighted by Crippen LogP contribution is -2.00. The second-order valence-electron chi connectivity index (χ2n) is 3.07. The lowest BCUT2D eigenvalue weighted by Gasteiger charge is -2.01. The van der Waals surface area contributed by atoms with Crippen molar-refractivity contribution in [3.63, 3.8) is 0 Å². The van der Waals surface area contributed by atoms with E-state index in [0.717, 1.165) is 14.3 Å². The Morgan fingerprint density at radius 3 is 2.75 bits per heavy atom. The van der Waals surface area contributed by atoms with Crippen LogP contribution in [0.5, 0.6) is 0 Å². The van der Waals surface area contributed by atoms with Gasteiger partial charge in [0.05, 0.1) is 12.7 Å². The van der Waals surface area contributed by atoms with Crippen LogP contribution < -0.4 is 0 Å². The topological polar surface area (TPSA) is 26.3 Å². The highest BCUT2D eigenvalue weighted by molar-refractivity contribution is 7.80. The highest BCUT2D eigenvalue weighted by Crippen LogP contribution is 2.29. The largest absolute Gasteiger partial charge is 0.465 e. The number of carbonyl (C=O) groups excluding carboxylic acids is 1. The molecule has 1 heterocycles. The van der Waals surface area contributed by atoms with Gasteiger partial charge in [0.2, 0.25) is 0 Å². The number of esters is 1. The van der Waals surface area contributed by atoms with Gasteiger partial charge < -0.3 is 4.74 Å². The molecule has 0 atom stereocenters. The molecule has 0 aliphatic carbocycles. The molecule has 2 rings (SSSR count). The van der Waals surface area contributed by atoms with Gasteiger partial charge in [-0.15, -0.1) is 0 Å². The molecule has 0 bridgehead atoms. The predicted molar refractivity (Wildman–Crippen MR) is 69.8 cm³/mol. The van der Waals surface area contributed by atoms with Gasteiger partial charge >= 0.3 is 5.97 Å². The molecule has 1 aromatic carbocycles. The molecule has 0 saturated carbocycles. The molecule has 0 spiro atoms. The summed E-state index contributed by atoms with van der Waals surface area (Å²) in [7, 11) is 4.55. The van der Waals surface area contributed by atoms with Gasteiger partial charge in [0, 0.05) is 4.88 Å². The molecular weight excluding hydrogens is 260 g/mol. The van der Waals surface area contributed by atoms with Crippen LogP contribution in [0.2, 0.25) is 0 Å². The maximum atomic E-state index is 11.4. The zero-order chi connectivity index (χ0) is 11.5. The smallest absolute Gasteiger partial charge is 0.337 e. The van der Waals surface area contributed by atoms with Crippen LogP contribution in [-0.2, 0) is 4.74 Å². The summed E-state index contributed by atoms with van der Waals surface area (Å²) in [5.41, 5.74) is 1.56. The number of ether oxygens (including phenoxy) is 1. The fraction of sp³-hybridized carbons (Fsp3) is 0.0909. The Bertz CT molecular complexity index is 568. The fourth-order valence-electron chi connectivity index (χ4n) is 1.29. The van der Waals surface area contributed by atoms with Crippen molar-refractivity contribution in [3.8, 4) is 10.4 Å². The van der Waals surface area contributed by atoms with E-state index in [2.05, 4.69) is 4.74 Å². The number of methoxy groups -OCH3 is 1. The van der Waals surface area contributed by atoms with Gasteiger partial charge in [-0.2, -0.15) is 0 Å². The highest BCUT2D eigenvalue weighted by Gasteiger charge is 2.07. The van der Waals surface area contributed by atoms with E-state index in [1.165, 1.54) is 7.11 Å². The Kier molecular flexibility index (Phi) is 3.48. The molecule has 16 heavy (non-hydrogen) atoms. The minimum absolute atomic E-state index is 0.319. The molecule has 1 aromatic heterocycles. The molecule has 0 saturated heterocycles. The predicted octanol–water partition coefficient (Wildman–Crippen LogP) is 3.99. The van der Waals surface area contributed by atoms with E-state index >= 15 is 0 Å². The average molecular weight is 268 g/mol. The van der Waals surface area contributed by atoms with Gasteiger partial charge in [0.1, 0.15) is 3.82 Å². The van der Waals surface area contributed by atoms with Crippen LogP contribution in [0.15, 0.2) is 30.3 Å². The van der Waals surface area contributed by atoms with E-state index in [0.29, 0.717) is 5.56 Å². The van der Waals surface area contributed by atoms with E-state index < -0.39 is 0 Å². The Hall–Kier alpha value is -1.04. The third-order valence-corrected chi connectivity index (χ3v) is 4.94. The minimum Gasteiger partial charge on any atom is -0.465 e. The van der Waals surface area contributed by atoms with Crippen molar-refractivity contribution >= 4 is 38.9 Å². The van der Waals surface area contributed by atoms with Gasteiger partial charge in [-0.05, 0) is 23.8 Å². The van der Waals surface area contributed by atoms with Crippen LogP contribution in [0.1, 0.15) is 10.4 Å². The SMILES string of the molecule is COC(=O)c1cccc(-c2cc(=S)ss2)c1. The molecule has 5 heteroatoms. The molecular formula is C11H8O2S3. The molecule has 0 unspecified atom stereocenters. The molecule has 0 radical (unpaired) electrons. The van der Waals surface area contributed by atoms with Crippen LogP contribution in [-0.4, -0.2) is 13.1 Å². The Balaban J connectivity index is 2.43. The average Bonchev–Trinajstić information content (AvgIpc) is 2.75. The summed E-state index contributed by atoms with van der Waals surface area (Å²) in [5, 5.41) is 0. The van der Waals surface area contributed by atoms with E-state index in [1.807, 2.05) is 24.3 Å². The van der Waals surface area contributed by atoms with E-state index in [4.69, 9.17) is 12.2 Å². The number of rotatable bonds is 2. The second-order valence-corrected chi connectivity index (χ2v) is 5.98. The quantitative estimate of drug-likeness (QED) is 0.468. The normalized spacial score (nSPS) is 10.1. The maximum absolute atomic E-state index is 11.4. The lowest BCUT2D eigenvalue weighted by molar-refractivity contribution is 0.0601. The first-order valence-electron chi connectivity index (χ1n) is 4.49. The standard InChI is InChI=1S/C11H8O2S3/c1-13-11(12)8-4-2-3-7(5-8)9-6-10(14)16-15-9/h2-6H,1H3. The van der Waals surface area contributed by atoms with Crippen molar-refractivity contribution in [1.82, 2.24) is 0 Å². The molecule has 0 N–H and O–H groups in total. The number of hydrogen-bond acceptors (Lipinski definition) is 5. The molecule has 0 aliphatic heterocycles. The number of hydrogen-bond donors (Lipinski definition) is 0. The third kappa shape index (κ3) is 2.37. The fourth-order valence-corrected chi connectivity index (χ4v) is 3.68. The van der Waals surface area contributed by atoms with Crippen LogP contribution >= 0.6 is 32.9 Å². The molecule has 2 aromatic rings. The van der Waals surface area contributed by atoms with Gasteiger partial charge in [0.15, 0.2) is 0 Å². The summed E-state index contributed by atoms with van der Waals surface area (Å²) < 4.78 is 5.54. The van der Waals surface area contributed by atoms with Gasteiger partial charge in [0.25, 0.3) is 0 Å². The van der Waals surface area contributed by atoms with Crippen molar-refractivity contribution in [2.45, 2.75) is 0 Å². The number of benzene rings is 1. The van der Waals surface area contributed by atoms with E-state index in [1.54, 1.807) is 26.7 Å². The monoisotopic (exact) mass is 268 g/mol. The Morgan fingerprint density at radius 1 is 1.31 bits per heavy atom. The van der Waals surface area contributed by atoms with Crippen molar-refractivity contribution in [2.24, 2.45) is 0 Å². The maximum Gasteiger partial charge on any atom is 0.337 e. The first-order valence-corrected chi connectivity index (χ1v) is 7.05. The lowest BCUT2D eigenvalue weighted by atomic mass is 10.1. The van der Waals surface area contributed by atoms with E-state index in [-0.39, 0.29) is 5.97 Å². The Morgan fingerprint density at radius 2 is 2.12 bits per heavy atom. The highest BCUT2D eigenvalue weighted by atomic mass is 32.9. The van der Waals surface area contributed by atoms with Gasteiger partial charge in [-0.1, -0.05) is 45.0 Å². The van der Waals surface area contributed by atoms with Crippen LogP contribution in [0.3, 0.4) is 0 Å². The molecule has 82 valence electrons. The summed E-state index contributed by atoms with van der Waals surface area (Å²) in [6.07, 6.45) is 0. The van der Waals surface area contributed by atoms with Crippen molar-refractivity contribution < 1.29 is 9.53 Å². The summed E-state index contributed by atoms with van der Waals surface area (Å²) in [6, 6.07) is 9.30. The number of carbonyl (C=O) groups is 1. The Labute approximate surface area is 106 Å². The molecule has 2 nitrogen and oxygen atoms in total. The minimum atomic E-state index is -0.319. The van der Waals surface area contributed by atoms with Crippen molar-refractivity contribution in [3.05, 3.63) is 39.7 Å². The van der Waals surface area contributed by atoms with Crippen molar-refractivity contribution in [1.29, 1.82) is 0 Å². The first-order chi connectivity index (χ1) is 7.70. The first kappa shape index (κ1) is 11.4. The molecule has 0 amide bonds. The van der Waals surface area contributed by atoms with Crippen LogP contribution in [0, 0.1) is 3.82 Å². The van der Waals surface area contributed by atoms with Gasteiger partial charge in [-0.25, -0.2) is 4.79 Å². The molecule has 0 fully saturated rings. The van der Waals surface area contributed by atoms with Crippen molar-refractivity contribution in [2.75, 3.05) is 7.11 Å². The summed E-state index contributed by atoms with van der Waals surface area (Å²) in [6.45, 7) is 0. The summed E-state index contributed by atoms with van der Waals surface area (Å²) in [4.78, 5) is 12.4. The summed E-state index contributed by atoms with van der Waals surface area (Å²) in [5.74, 6) is -0.319. The summed E-state index contributed by atoms with van der Waals surface area (Å²) >= 11 is 5.08. The van der Waals surface area contributed by atoms with Crippen LogP contribution in [0.25, 0.3) is 10.4 Å². The second kappa shape index (κ2) is 4.86.